The zero-order chi connectivity index (χ0) is 17.3. The Labute approximate surface area is 142 Å². The van der Waals surface area contributed by atoms with Gasteiger partial charge in [0.2, 0.25) is 0 Å². The fourth-order valence-corrected chi connectivity index (χ4v) is 3.06. The lowest BCUT2D eigenvalue weighted by molar-refractivity contribution is 0.100. The fraction of sp³-hybridized carbons (Fsp3) is 0.350. The number of nitrogens with zero attached hydrogens (tertiary/aromatic N) is 2. The second kappa shape index (κ2) is 6.56. The Kier molecular flexibility index (Phi) is 4.47. The molecule has 24 heavy (non-hydrogen) atoms. The van der Waals surface area contributed by atoms with Gasteiger partial charge in [0, 0.05) is 23.1 Å². The number of nitrogens with two attached hydrogens (primary N) is 1. The highest BCUT2D eigenvalue weighted by atomic mass is 16.1. The molecule has 0 aliphatic heterocycles. The maximum atomic E-state index is 12.5. The van der Waals surface area contributed by atoms with Gasteiger partial charge in [0.1, 0.15) is 5.84 Å². The van der Waals surface area contributed by atoms with Crippen molar-refractivity contribution in [3.63, 3.8) is 0 Å². The lowest BCUT2D eigenvalue weighted by Gasteiger charge is -2.11. The minimum Gasteiger partial charge on any atom is -0.387 e. The van der Waals surface area contributed by atoms with Crippen molar-refractivity contribution in [2.45, 2.75) is 40.0 Å². The number of amidine groups is 1. The molecule has 1 heterocycles. The third-order valence-electron chi connectivity index (χ3n) is 4.49. The van der Waals surface area contributed by atoms with E-state index in [1.165, 1.54) is 17.6 Å². The van der Waals surface area contributed by atoms with Crippen molar-refractivity contribution < 1.29 is 4.79 Å². The van der Waals surface area contributed by atoms with Crippen LogP contribution in [0.25, 0.3) is 16.5 Å². The molecule has 1 aliphatic carbocycles. The largest absolute Gasteiger partial charge is 0.387 e. The zero-order valence-electron chi connectivity index (χ0n) is 14.5. The molecule has 0 bridgehead atoms. The maximum absolute atomic E-state index is 12.5. The number of aryl methyl sites for hydroxylation is 1. The molecule has 124 valence electrons. The molecule has 1 aromatic heterocycles. The summed E-state index contributed by atoms with van der Waals surface area (Å²) < 4.78 is 0. The van der Waals surface area contributed by atoms with Crippen LogP contribution in [0.15, 0.2) is 35.5 Å². The highest BCUT2D eigenvalue weighted by molar-refractivity contribution is 6.06. The Morgan fingerprint density at radius 1 is 1.33 bits per heavy atom. The van der Waals surface area contributed by atoms with Gasteiger partial charge in [-0.1, -0.05) is 19.9 Å². The maximum Gasteiger partial charge on any atom is 0.278 e. The van der Waals surface area contributed by atoms with Gasteiger partial charge in [0.05, 0.1) is 5.52 Å². The Hall–Kier alpha value is -2.49. The Morgan fingerprint density at radius 3 is 2.79 bits per heavy atom. The third-order valence-corrected chi connectivity index (χ3v) is 4.49. The molecule has 0 radical (unpaired) electrons. The number of fused-ring (bicyclic) bond motifs is 1. The van der Waals surface area contributed by atoms with Gasteiger partial charge in [-0.3, -0.25) is 9.78 Å². The van der Waals surface area contributed by atoms with E-state index in [0.29, 0.717) is 11.4 Å². The molecule has 0 spiro atoms. The van der Waals surface area contributed by atoms with E-state index in [-0.39, 0.29) is 11.8 Å². The number of benzene rings is 1. The molecule has 0 saturated carbocycles. The minimum absolute atomic E-state index is 0.0522. The van der Waals surface area contributed by atoms with Crippen molar-refractivity contribution in [2.75, 3.05) is 0 Å². The van der Waals surface area contributed by atoms with E-state index in [1.807, 2.05) is 45.2 Å². The van der Waals surface area contributed by atoms with Crippen LogP contribution in [0.3, 0.4) is 0 Å². The first-order valence-corrected chi connectivity index (χ1v) is 8.44. The molecule has 0 unspecified atom stereocenters. The lowest BCUT2D eigenvalue weighted by atomic mass is 9.97. The van der Waals surface area contributed by atoms with E-state index in [1.54, 1.807) is 0 Å². The van der Waals surface area contributed by atoms with Gasteiger partial charge in [-0.25, -0.2) is 0 Å². The number of aliphatic imine (C=N–C) groups is 1. The van der Waals surface area contributed by atoms with E-state index in [4.69, 9.17) is 5.73 Å². The van der Waals surface area contributed by atoms with Crippen LogP contribution in [0.2, 0.25) is 0 Å². The molecule has 4 heteroatoms. The van der Waals surface area contributed by atoms with Crippen molar-refractivity contribution in [2.24, 2.45) is 16.6 Å². The van der Waals surface area contributed by atoms with Gasteiger partial charge in [0.25, 0.3) is 5.91 Å². The smallest absolute Gasteiger partial charge is 0.278 e. The van der Waals surface area contributed by atoms with Gasteiger partial charge >= 0.3 is 0 Å². The topological polar surface area (TPSA) is 68.3 Å². The minimum atomic E-state index is -0.290. The van der Waals surface area contributed by atoms with Crippen molar-refractivity contribution in [3.8, 4) is 0 Å². The van der Waals surface area contributed by atoms with Crippen molar-refractivity contribution in [1.82, 2.24) is 4.98 Å². The summed E-state index contributed by atoms with van der Waals surface area (Å²) >= 11 is 0. The van der Waals surface area contributed by atoms with Crippen LogP contribution in [0.5, 0.6) is 0 Å². The van der Waals surface area contributed by atoms with Crippen LogP contribution < -0.4 is 5.73 Å². The second-order valence-electron chi connectivity index (χ2n) is 6.67. The molecule has 2 N–H and O–H groups in total. The molecule has 4 nitrogen and oxygen atoms in total. The van der Waals surface area contributed by atoms with Crippen LogP contribution in [-0.4, -0.2) is 16.7 Å². The van der Waals surface area contributed by atoms with Crippen LogP contribution in [0.1, 0.15) is 54.6 Å². The van der Waals surface area contributed by atoms with Crippen LogP contribution in [-0.2, 0) is 0 Å². The van der Waals surface area contributed by atoms with E-state index in [9.17, 15) is 4.79 Å². The number of allylic oxidation sites excluding steroid dienone is 2. The first-order chi connectivity index (χ1) is 11.5. The van der Waals surface area contributed by atoms with Gasteiger partial charge in [-0.2, -0.15) is 4.99 Å². The quantitative estimate of drug-likeness (QED) is 0.678. The van der Waals surface area contributed by atoms with Gasteiger partial charge in [-0.15, -0.1) is 0 Å². The Bertz CT molecular complexity index is 863. The highest BCUT2D eigenvalue weighted by Gasteiger charge is 2.15. The van der Waals surface area contributed by atoms with Crippen molar-refractivity contribution >= 4 is 28.2 Å². The first-order valence-electron chi connectivity index (χ1n) is 8.44. The summed E-state index contributed by atoms with van der Waals surface area (Å²) in [6.45, 7) is 5.83. The summed E-state index contributed by atoms with van der Waals surface area (Å²) in [5.74, 6) is 0.125. The highest BCUT2D eigenvalue weighted by Crippen LogP contribution is 2.33. The molecule has 1 amide bonds. The normalized spacial score (nSPS) is 15.2. The van der Waals surface area contributed by atoms with E-state index < -0.39 is 0 Å². The average Bonchev–Trinajstić information content (AvgIpc) is 3.08. The van der Waals surface area contributed by atoms with Crippen LogP contribution >= 0.6 is 0 Å². The summed E-state index contributed by atoms with van der Waals surface area (Å²) in [6, 6.07) is 5.80. The summed E-state index contributed by atoms with van der Waals surface area (Å²) in [6.07, 6.45) is 7.51. The predicted molar refractivity (Wildman–Crippen MR) is 99.1 cm³/mol. The summed E-state index contributed by atoms with van der Waals surface area (Å²) in [5.41, 5.74) is 10.9. The molecule has 0 saturated heterocycles. The van der Waals surface area contributed by atoms with Crippen molar-refractivity contribution in [3.05, 3.63) is 47.2 Å². The van der Waals surface area contributed by atoms with E-state index in [0.717, 1.165) is 29.3 Å². The molecule has 0 fully saturated rings. The number of aromatic nitrogens is 1. The zero-order valence-corrected chi connectivity index (χ0v) is 14.5. The monoisotopic (exact) mass is 321 g/mol. The summed E-state index contributed by atoms with van der Waals surface area (Å²) in [7, 11) is 0. The molecule has 2 aromatic rings. The number of pyridine rings is 1. The molecule has 1 aliphatic rings. The number of carbonyl (C=O) groups excluding carboxylic acids is 1. The standard InChI is InChI=1S/C20H23N3O/c1-12(2)19(21)23-20(24)15-10-13(3)18-17(11-15)16(8-9-22-18)14-6-4-5-7-14/h6,8-12H,4-5,7H2,1-3H3,(H2,21,23,24). The Morgan fingerprint density at radius 2 is 2.12 bits per heavy atom. The van der Waals surface area contributed by atoms with Crippen molar-refractivity contribution in [1.29, 1.82) is 0 Å². The third kappa shape index (κ3) is 3.09. The van der Waals surface area contributed by atoms with Crippen LogP contribution in [0, 0.1) is 12.8 Å². The second-order valence-corrected chi connectivity index (χ2v) is 6.67. The Balaban J connectivity index is 2.13. The fourth-order valence-electron chi connectivity index (χ4n) is 3.06. The SMILES string of the molecule is Cc1cc(C(=O)N=C(N)C(C)C)cc2c(C3=CCCC3)ccnc12. The molecule has 0 atom stereocenters. The van der Waals surface area contributed by atoms with Gasteiger partial charge < -0.3 is 5.73 Å². The van der Waals surface area contributed by atoms with E-state index >= 15 is 0 Å². The first kappa shape index (κ1) is 16.4. The molecule has 1 aromatic carbocycles. The molecular formula is C20H23N3O. The predicted octanol–water partition coefficient (Wildman–Crippen LogP) is 4.26. The summed E-state index contributed by atoms with van der Waals surface area (Å²) in [5, 5.41) is 1.02. The average molecular weight is 321 g/mol. The molecule has 3 rings (SSSR count). The van der Waals surface area contributed by atoms with E-state index in [2.05, 4.69) is 16.1 Å². The number of amides is 1. The number of hydrogen-bond donors (Lipinski definition) is 1. The van der Waals surface area contributed by atoms with Crippen LogP contribution in [0.4, 0.5) is 0 Å². The molecular weight excluding hydrogens is 298 g/mol. The van der Waals surface area contributed by atoms with Gasteiger partial charge in [-0.05, 0) is 61.1 Å². The lowest BCUT2D eigenvalue weighted by Crippen LogP contribution is -2.20. The number of carbonyl (C=O) groups is 1. The summed E-state index contributed by atoms with van der Waals surface area (Å²) in [4.78, 5) is 21.0. The number of hydrogen-bond acceptors (Lipinski definition) is 2. The van der Waals surface area contributed by atoms with Gasteiger partial charge in [0.15, 0.2) is 0 Å². The number of rotatable bonds is 3.